The first kappa shape index (κ1) is 25.1. The second-order valence-electron chi connectivity index (χ2n) is 6.70. The number of sulfone groups is 1. The second kappa shape index (κ2) is 10.4. The average Bonchev–Trinajstić information content (AvgIpc) is 2.69. The van der Waals surface area contributed by atoms with Gasteiger partial charge in [-0.3, -0.25) is 4.72 Å². The Kier molecular flexibility index (Phi) is 8.44. The summed E-state index contributed by atoms with van der Waals surface area (Å²) in [6.07, 6.45) is 0.0610. The van der Waals surface area contributed by atoms with Gasteiger partial charge in [-0.25, -0.2) is 26.0 Å². The van der Waals surface area contributed by atoms with Crippen molar-refractivity contribution in [1.29, 1.82) is 0 Å². The molecule has 0 heterocycles. The molecule has 1 unspecified atom stereocenters. The van der Waals surface area contributed by atoms with Crippen LogP contribution in [0.5, 0.6) is 0 Å². The van der Waals surface area contributed by atoms with E-state index in [-0.39, 0.29) is 30.9 Å². The molecule has 0 aliphatic rings. The van der Waals surface area contributed by atoms with Crippen molar-refractivity contribution in [2.75, 3.05) is 10.5 Å². The smallest absolute Gasteiger partial charge is 0.343 e. The fraction of sp³-hybridized carbons (Fsp3) is 0.350. The summed E-state index contributed by atoms with van der Waals surface area (Å²) >= 11 is 6.10. The van der Waals surface area contributed by atoms with Crippen LogP contribution in [0.4, 0.5) is 10.1 Å². The third-order valence-corrected chi connectivity index (χ3v) is 10.0. The minimum atomic E-state index is -4.44. The van der Waals surface area contributed by atoms with Crippen molar-refractivity contribution in [2.45, 2.75) is 37.9 Å². The van der Waals surface area contributed by atoms with Gasteiger partial charge in [0.15, 0.2) is 14.4 Å². The van der Waals surface area contributed by atoms with Crippen molar-refractivity contribution >= 4 is 43.1 Å². The Balaban J connectivity index is 2.31. The van der Waals surface area contributed by atoms with E-state index in [0.717, 1.165) is 12.1 Å². The number of anilines is 1. The molecule has 1 atom stereocenters. The molecule has 11 heteroatoms. The zero-order valence-corrected chi connectivity index (χ0v) is 19.4. The van der Waals surface area contributed by atoms with E-state index in [1.807, 2.05) is 0 Å². The Bertz CT molecular complexity index is 1140. The summed E-state index contributed by atoms with van der Waals surface area (Å²) in [6.45, 7) is 2.91. The summed E-state index contributed by atoms with van der Waals surface area (Å²) in [5, 5.41) is -0.524. The highest BCUT2D eigenvalue weighted by molar-refractivity contribution is 8.09. The molecule has 2 aromatic carbocycles. The molecule has 0 amide bonds. The number of benzene rings is 2. The van der Waals surface area contributed by atoms with Crippen molar-refractivity contribution in [3.8, 4) is 0 Å². The fourth-order valence-corrected chi connectivity index (χ4v) is 7.61. The first-order valence-electron chi connectivity index (χ1n) is 9.45. The van der Waals surface area contributed by atoms with Crippen molar-refractivity contribution < 1.29 is 30.8 Å². The lowest BCUT2D eigenvalue weighted by Crippen LogP contribution is -2.36. The maximum atomic E-state index is 14.3. The third-order valence-electron chi connectivity index (χ3n) is 4.33. The molecular weight excluding hydrogens is 469 g/mol. The minimum Gasteiger partial charge on any atom is -0.457 e. The molecule has 0 aliphatic heterocycles. The minimum absolute atomic E-state index is 0.140. The molecule has 0 saturated carbocycles. The molecule has 0 saturated heterocycles. The molecule has 0 spiro atoms. The van der Waals surface area contributed by atoms with Crippen LogP contribution in [0.25, 0.3) is 0 Å². The van der Waals surface area contributed by atoms with E-state index in [4.69, 9.17) is 16.3 Å². The Morgan fingerprint density at radius 1 is 1.10 bits per heavy atom. The third kappa shape index (κ3) is 6.18. The Morgan fingerprint density at radius 3 is 2.32 bits per heavy atom. The van der Waals surface area contributed by atoms with Gasteiger partial charge in [0, 0.05) is 0 Å². The van der Waals surface area contributed by atoms with Gasteiger partial charge in [0.2, 0.25) is 10.0 Å². The van der Waals surface area contributed by atoms with Crippen LogP contribution in [0.3, 0.4) is 0 Å². The molecule has 2 rings (SSSR count). The normalized spacial score (nSPS) is 12.9. The lowest BCUT2D eigenvalue weighted by Gasteiger charge is -2.19. The number of carbonyl (C=O) groups excluding carboxylic acids is 1. The van der Waals surface area contributed by atoms with Crippen LogP contribution in [-0.2, 0) is 31.2 Å². The molecule has 0 aliphatic carbocycles. The zero-order valence-electron chi connectivity index (χ0n) is 17.0. The number of carbonyl (C=O) groups is 1. The fourth-order valence-electron chi connectivity index (χ4n) is 2.92. The number of hydrogen-bond donors (Lipinski definition) is 1. The van der Waals surface area contributed by atoms with E-state index in [0.29, 0.717) is 5.56 Å². The van der Waals surface area contributed by atoms with Gasteiger partial charge in [0.25, 0.3) is 0 Å². The summed E-state index contributed by atoms with van der Waals surface area (Å²) in [5.74, 6) is -2.39. The monoisotopic (exact) mass is 491 g/mol. The Hall–Kier alpha value is -2.17. The average molecular weight is 492 g/mol. The maximum Gasteiger partial charge on any atom is 0.343 e. The van der Waals surface area contributed by atoms with Gasteiger partial charge in [-0.1, -0.05) is 55.8 Å². The van der Waals surface area contributed by atoms with Crippen LogP contribution >= 0.6 is 11.6 Å². The van der Waals surface area contributed by atoms with E-state index in [1.54, 1.807) is 37.3 Å². The Morgan fingerprint density at radius 2 is 1.74 bits per heavy atom. The van der Waals surface area contributed by atoms with Gasteiger partial charge in [0.05, 0.1) is 16.5 Å². The van der Waals surface area contributed by atoms with Crippen molar-refractivity contribution in [1.82, 2.24) is 0 Å². The van der Waals surface area contributed by atoms with E-state index in [9.17, 15) is 26.0 Å². The highest BCUT2D eigenvalue weighted by Gasteiger charge is 2.36. The maximum absolute atomic E-state index is 14.3. The standard InChI is InChI=1S/C20H23ClFNO6S2/c1-3-12-30(25,26)17(4-2)31(27,28)23-16-11-10-15(22)18(19(16)21)20(24)29-13-14-8-6-5-7-9-14/h5-11,17,23H,3-4,12-13H2,1-2H3. The van der Waals surface area contributed by atoms with E-state index >= 15 is 0 Å². The van der Waals surface area contributed by atoms with Gasteiger partial charge >= 0.3 is 5.97 Å². The highest BCUT2D eigenvalue weighted by Crippen LogP contribution is 2.31. The number of esters is 1. The molecular formula is C20H23ClFNO6S2. The molecule has 0 fully saturated rings. The molecule has 7 nitrogen and oxygen atoms in total. The first-order chi connectivity index (χ1) is 14.5. The lowest BCUT2D eigenvalue weighted by molar-refractivity contribution is 0.0467. The van der Waals surface area contributed by atoms with Gasteiger partial charge < -0.3 is 4.74 Å². The molecule has 31 heavy (non-hydrogen) atoms. The summed E-state index contributed by atoms with van der Waals surface area (Å²) in [5.41, 5.74) is -0.307. The summed E-state index contributed by atoms with van der Waals surface area (Å²) in [7, 11) is -8.38. The van der Waals surface area contributed by atoms with Gasteiger partial charge in [-0.05, 0) is 30.5 Å². The van der Waals surface area contributed by atoms with Crippen LogP contribution in [-0.4, -0.2) is 33.1 Å². The number of nitrogens with one attached hydrogen (secondary N) is 1. The summed E-state index contributed by atoms with van der Waals surface area (Å²) in [6, 6.07) is 10.5. The van der Waals surface area contributed by atoms with Crippen molar-refractivity contribution in [3.63, 3.8) is 0 Å². The predicted octanol–water partition coefficient (Wildman–Crippen LogP) is 4.14. The number of rotatable bonds is 10. The number of ether oxygens (including phenoxy) is 1. The molecule has 0 radical (unpaired) electrons. The molecule has 2 aromatic rings. The number of hydrogen-bond acceptors (Lipinski definition) is 6. The SMILES string of the molecule is CCCS(=O)(=O)C(CC)S(=O)(=O)Nc1ccc(F)c(C(=O)OCc2ccccc2)c1Cl. The Labute approximate surface area is 186 Å². The quantitative estimate of drug-likeness (QED) is 0.500. The van der Waals surface area contributed by atoms with Crippen LogP contribution in [0.1, 0.15) is 42.6 Å². The van der Waals surface area contributed by atoms with Crippen molar-refractivity contribution in [3.05, 3.63) is 64.4 Å². The van der Waals surface area contributed by atoms with Gasteiger partial charge in [-0.15, -0.1) is 0 Å². The summed E-state index contributed by atoms with van der Waals surface area (Å²) < 4.78 is 69.9. The topological polar surface area (TPSA) is 107 Å². The largest absolute Gasteiger partial charge is 0.457 e. The van der Waals surface area contributed by atoms with Crippen LogP contribution in [0.2, 0.25) is 5.02 Å². The zero-order chi connectivity index (χ0) is 23.2. The number of sulfonamides is 1. The second-order valence-corrected chi connectivity index (χ2v) is 11.5. The first-order valence-corrected chi connectivity index (χ1v) is 13.1. The van der Waals surface area contributed by atoms with E-state index in [2.05, 4.69) is 4.72 Å². The van der Waals surface area contributed by atoms with Gasteiger partial charge in [-0.2, -0.15) is 0 Å². The van der Waals surface area contributed by atoms with E-state index in [1.165, 1.54) is 6.92 Å². The molecule has 0 bridgehead atoms. The summed E-state index contributed by atoms with van der Waals surface area (Å²) in [4.78, 5) is 12.4. The van der Waals surface area contributed by atoms with Crippen LogP contribution in [0, 0.1) is 5.82 Å². The molecule has 0 aromatic heterocycles. The van der Waals surface area contributed by atoms with Crippen molar-refractivity contribution in [2.24, 2.45) is 0 Å². The predicted molar refractivity (Wildman–Crippen MR) is 118 cm³/mol. The van der Waals surface area contributed by atoms with Crippen LogP contribution < -0.4 is 4.72 Å². The molecule has 1 N–H and O–H groups in total. The van der Waals surface area contributed by atoms with Crippen LogP contribution in [0.15, 0.2) is 42.5 Å². The lowest BCUT2D eigenvalue weighted by atomic mass is 10.2. The highest BCUT2D eigenvalue weighted by atomic mass is 35.5. The molecule has 170 valence electrons. The van der Waals surface area contributed by atoms with E-state index < -0.39 is 46.8 Å². The number of halogens is 2. The van der Waals surface area contributed by atoms with Gasteiger partial charge in [0.1, 0.15) is 18.0 Å².